The first-order valence-electron chi connectivity index (χ1n) is 5.60. The fourth-order valence-electron chi connectivity index (χ4n) is 1.26. The second kappa shape index (κ2) is 4.74. The van der Waals surface area contributed by atoms with Crippen LogP contribution in [0.3, 0.4) is 0 Å². The van der Waals surface area contributed by atoms with Gasteiger partial charge in [-0.2, -0.15) is 0 Å². The maximum atomic E-state index is 5.78. The zero-order valence-corrected chi connectivity index (χ0v) is 11.0. The molecule has 1 aromatic rings. The number of rotatable bonds is 4. The van der Waals surface area contributed by atoms with Crippen LogP contribution in [0.5, 0.6) is 0 Å². The summed E-state index contributed by atoms with van der Waals surface area (Å²) >= 11 is 0. The van der Waals surface area contributed by atoms with E-state index in [9.17, 15) is 0 Å². The van der Waals surface area contributed by atoms with E-state index < -0.39 is 0 Å². The fourth-order valence-corrected chi connectivity index (χ4v) is 1.26. The van der Waals surface area contributed by atoms with Crippen molar-refractivity contribution in [3.63, 3.8) is 0 Å². The van der Waals surface area contributed by atoms with Crippen molar-refractivity contribution >= 4 is 11.4 Å². The highest BCUT2D eigenvalue weighted by Crippen LogP contribution is 2.18. The van der Waals surface area contributed by atoms with Crippen LogP contribution in [0.4, 0.5) is 11.4 Å². The summed E-state index contributed by atoms with van der Waals surface area (Å²) in [6.45, 7) is 7.36. The number of hydrogen-bond donors (Lipinski definition) is 2. The summed E-state index contributed by atoms with van der Waals surface area (Å²) in [6, 6.07) is 6.05. The van der Waals surface area contributed by atoms with Crippen LogP contribution in [-0.2, 0) is 0 Å². The second-order valence-corrected chi connectivity index (χ2v) is 5.13. The number of aryl methyl sites for hydroxylation is 1. The molecule has 0 aliphatic carbocycles. The van der Waals surface area contributed by atoms with Gasteiger partial charge in [0.2, 0.25) is 0 Å². The molecule has 90 valence electrons. The molecular weight excluding hydrogens is 198 g/mol. The number of benzene rings is 1. The summed E-state index contributed by atoms with van der Waals surface area (Å²) < 4.78 is 0. The van der Waals surface area contributed by atoms with Gasteiger partial charge in [0.05, 0.1) is 0 Å². The average molecular weight is 221 g/mol. The van der Waals surface area contributed by atoms with E-state index in [2.05, 4.69) is 44.2 Å². The Morgan fingerprint density at radius 1 is 1.31 bits per heavy atom. The smallest absolute Gasteiger partial charge is 0.0345 e. The van der Waals surface area contributed by atoms with E-state index in [0.29, 0.717) is 0 Å². The molecule has 0 saturated carbocycles. The standard InChI is InChI=1S/C13H23N3/c1-10-8-11(6-7-12(10)14)15-9-13(2,3)16(4)5/h6-8,15H,9,14H2,1-5H3. The van der Waals surface area contributed by atoms with E-state index in [-0.39, 0.29) is 5.54 Å². The maximum Gasteiger partial charge on any atom is 0.0345 e. The zero-order valence-electron chi connectivity index (χ0n) is 11.0. The lowest BCUT2D eigenvalue weighted by Gasteiger charge is -2.33. The molecular formula is C13H23N3. The van der Waals surface area contributed by atoms with Crippen LogP contribution in [0.2, 0.25) is 0 Å². The van der Waals surface area contributed by atoms with Crippen molar-refractivity contribution in [2.24, 2.45) is 0 Å². The SMILES string of the molecule is Cc1cc(NCC(C)(C)N(C)C)ccc1N. The molecule has 0 aliphatic heterocycles. The third kappa shape index (κ3) is 3.14. The molecule has 3 heteroatoms. The number of nitrogens with zero attached hydrogens (tertiary/aromatic N) is 1. The molecule has 1 aromatic carbocycles. The summed E-state index contributed by atoms with van der Waals surface area (Å²) in [5, 5.41) is 3.44. The van der Waals surface area contributed by atoms with Gasteiger partial charge in [0, 0.05) is 23.5 Å². The first-order chi connectivity index (χ1) is 7.33. The number of anilines is 2. The quantitative estimate of drug-likeness (QED) is 0.767. The minimum absolute atomic E-state index is 0.134. The largest absolute Gasteiger partial charge is 0.399 e. The van der Waals surface area contributed by atoms with Crippen LogP contribution >= 0.6 is 0 Å². The molecule has 0 aromatic heterocycles. The number of nitrogen functional groups attached to an aromatic ring is 1. The van der Waals surface area contributed by atoms with Gasteiger partial charge >= 0.3 is 0 Å². The van der Waals surface area contributed by atoms with Crippen molar-refractivity contribution in [2.45, 2.75) is 26.3 Å². The summed E-state index contributed by atoms with van der Waals surface area (Å²) in [5.41, 5.74) is 9.01. The topological polar surface area (TPSA) is 41.3 Å². The molecule has 0 saturated heterocycles. The molecule has 0 atom stereocenters. The minimum atomic E-state index is 0.134. The van der Waals surface area contributed by atoms with Gasteiger partial charge in [0.25, 0.3) is 0 Å². The van der Waals surface area contributed by atoms with Crippen molar-refractivity contribution < 1.29 is 0 Å². The van der Waals surface area contributed by atoms with E-state index in [4.69, 9.17) is 5.73 Å². The number of nitrogens with two attached hydrogens (primary N) is 1. The predicted octanol–water partition coefficient (Wildman–Crippen LogP) is 2.33. The third-order valence-corrected chi connectivity index (χ3v) is 3.21. The van der Waals surface area contributed by atoms with Crippen molar-refractivity contribution in [2.75, 3.05) is 31.7 Å². The Morgan fingerprint density at radius 2 is 1.94 bits per heavy atom. The average Bonchev–Trinajstić information content (AvgIpc) is 2.20. The van der Waals surface area contributed by atoms with Crippen molar-refractivity contribution in [3.05, 3.63) is 23.8 Å². The molecule has 0 radical (unpaired) electrons. The number of nitrogens with one attached hydrogen (secondary N) is 1. The Bertz CT molecular complexity index is 356. The van der Waals surface area contributed by atoms with Gasteiger partial charge in [-0.15, -0.1) is 0 Å². The molecule has 0 spiro atoms. The Kier molecular flexibility index (Phi) is 3.81. The lowest BCUT2D eigenvalue weighted by Crippen LogP contribution is -2.44. The van der Waals surface area contributed by atoms with Gasteiger partial charge < -0.3 is 16.0 Å². The molecule has 0 aliphatic rings. The Morgan fingerprint density at radius 3 is 2.44 bits per heavy atom. The first kappa shape index (κ1) is 12.8. The molecule has 3 nitrogen and oxygen atoms in total. The highest BCUT2D eigenvalue weighted by Gasteiger charge is 2.19. The van der Waals surface area contributed by atoms with E-state index >= 15 is 0 Å². The molecule has 0 bridgehead atoms. The lowest BCUT2D eigenvalue weighted by molar-refractivity contribution is 0.210. The molecule has 16 heavy (non-hydrogen) atoms. The van der Waals surface area contributed by atoms with Gasteiger partial charge in [-0.25, -0.2) is 0 Å². The summed E-state index contributed by atoms with van der Waals surface area (Å²) in [7, 11) is 4.19. The van der Waals surface area contributed by atoms with Gasteiger partial charge in [-0.05, 0) is 58.6 Å². The van der Waals surface area contributed by atoms with Crippen LogP contribution in [0.1, 0.15) is 19.4 Å². The highest BCUT2D eigenvalue weighted by molar-refractivity contribution is 5.56. The predicted molar refractivity (Wildman–Crippen MR) is 71.8 cm³/mol. The Labute approximate surface area is 98.6 Å². The van der Waals surface area contributed by atoms with Crippen molar-refractivity contribution in [1.82, 2.24) is 4.90 Å². The monoisotopic (exact) mass is 221 g/mol. The molecule has 0 heterocycles. The normalized spacial score (nSPS) is 11.9. The second-order valence-electron chi connectivity index (χ2n) is 5.13. The number of hydrogen-bond acceptors (Lipinski definition) is 3. The van der Waals surface area contributed by atoms with Gasteiger partial charge in [0.15, 0.2) is 0 Å². The summed E-state index contributed by atoms with van der Waals surface area (Å²) in [6.07, 6.45) is 0. The van der Waals surface area contributed by atoms with Crippen molar-refractivity contribution in [1.29, 1.82) is 0 Å². The van der Waals surface area contributed by atoms with Crippen LogP contribution in [-0.4, -0.2) is 31.1 Å². The molecule has 0 unspecified atom stereocenters. The van der Waals surface area contributed by atoms with Crippen LogP contribution in [0.15, 0.2) is 18.2 Å². The molecule has 0 fully saturated rings. The van der Waals surface area contributed by atoms with Crippen LogP contribution < -0.4 is 11.1 Å². The minimum Gasteiger partial charge on any atom is -0.399 e. The van der Waals surface area contributed by atoms with E-state index in [1.807, 2.05) is 19.1 Å². The lowest BCUT2D eigenvalue weighted by atomic mass is 10.0. The third-order valence-electron chi connectivity index (χ3n) is 3.21. The van der Waals surface area contributed by atoms with Gasteiger partial charge in [-0.1, -0.05) is 0 Å². The molecule has 0 amide bonds. The van der Waals surface area contributed by atoms with Crippen molar-refractivity contribution in [3.8, 4) is 0 Å². The fraction of sp³-hybridized carbons (Fsp3) is 0.538. The molecule has 1 rings (SSSR count). The zero-order chi connectivity index (χ0) is 12.3. The van der Waals surface area contributed by atoms with E-state index in [0.717, 1.165) is 23.5 Å². The van der Waals surface area contributed by atoms with E-state index in [1.165, 1.54) is 0 Å². The van der Waals surface area contributed by atoms with Crippen LogP contribution in [0.25, 0.3) is 0 Å². The van der Waals surface area contributed by atoms with Gasteiger partial charge in [-0.3, -0.25) is 0 Å². The highest BCUT2D eigenvalue weighted by atomic mass is 15.2. The molecule has 3 N–H and O–H groups in total. The summed E-state index contributed by atoms with van der Waals surface area (Å²) in [5.74, 6) is 0. The maximum absolute atomic E-state index is 5.78. The number of likely N-dealkylation sites (N-methyl/N-ethyl adjacent to an activating group) is 1. The first-order valence-corrected chi connectivity index (χ1v) is 5.60. The Hall–Kier alpha value is -1.22. The van der Waals surface area contributed by atoms with E-state index in [1.54, 1.807) is 0 Å². The van der Waals surface area contributed by atoms with Crippen LogP contribution in [0, 0.1) is 6.92 Å². The van der Waals surface area contributed by atoms with Gasteiger partial charge in [0.1, 0.15) is 0 Å². The Balaban J connectivity index is 2.65. The summed E-state index contributed by atoms with van der Waals surface area (Å²) in [4.78, 5) is 2.21.